The zero-order valence-electron chi connectivity index (χ0n) is 7.33. The van der Waals surface area contributed by atoms with Gasteiger partial charge in [-0.1, -0.05) is 5.92 Å². The summed E-state index contributed by atoms with van der Waals surface area (Å²) in [6, 6.07) is 0. The van der Waals surface area contributed by atoms with Crippen molar-refractivity contribution in [2.45, 2.75) is 13.8 Å². The summed E-state index contributed by atoms with van der Waals surface area (Å²) in [6.45, 7) is 2.56. The van der Waals surface area contributed by atoms with Crippen molar-refractivity contribution in [3.8, 4) is 11.8 Å². The Balaban J connectivity index is 4.31. The molecule has 0 atom stereocenters. The molecular weight excluding hydrogens is 172 g/mol. The number of ketones is 1. The van der Waals surface area contributed by atoms with E-state index in [-0.39, 0.29) is 6.61 Å². The van der Waals surface area contributed by atoms with E-state index >= 15 is 0 Å². The first kappa shape index (κ1) is 11.1. The van der Waals surface area contributed by atoms with E-state index in [9.17, 15) is 9.59 Å². The second kappa shape index (κ2) is 5.70. The second-order valence-electron chi connectivity index (χ2n) is 2.01. The number of rotatable bonds is 3. The minimum Gasteiger partial charge on any atom is -0.444 e. The van der Waals surface area contributed by atoms with Crippen LogP contribution in [0.4, 0.5) is 0 Å². The van der Waals surface area contributed by atoms with Gasteiger partial charge < -0.3 is 10.3 Å². The molecule has 0 aromatic carbocycles. The fraction of sp³-hybridized carbons (Fsp3) is 0.375. The number of esters is 1. The van der Waals surface area contributed by atoms with Gasteiger partial charge in [0.25, 0.3) is 0 Å². The summed E-state index contributed by atoms with van der Waals surface area (Å²) in [5.41, 5.74) is 7.63. The third kappa shape index (κ3) is 3.85. The SMILES string of the molecule is CC#CCOC(=O)C(=[N+]=[N-])C(C)=O. The van der Waals surface area contributed by atoms with Gasteiger partial charge in [-0.15, -0.1) is 5.92 Å². The topological polar surface area (TPSA) is 79.8 Å². The lowest BCUT2D eigenvalue weighted by atomic mass is 10.3. The molecule has 5 heteroatoms. The van der Waals surface area contributed by atoms with Gasteiger partial charge in [-0.05, 0) is 6.92 Å². The lowest BCUT2D eigenvalue weighted by Crippen LogP contribution is -2.25. The van der Waals surface area contributed by atoms with Crippen molar-refractivity contribution in [1.29, 1.82) is 0 Å². The van der Waals surface area contributed by atoms with Crippen molar-refractivity contribution in [2.75, 3.05) is 6.61 Å². The van der Waals surface area contributed by atoms with Crippen molar-refractivity contribution in [3.05, 3.63) is 5.53 Å². The molecule has 0 amide bonds. The van der Waals surface area contributed by atoms with E-state index in [2.05, 4.69) is 21.4 Å². The minimum atomic E-state index is -0.974. The average Bonchev–Trinajstić information content (AvgIpc) is 2.05. The summed E-state index contributed by atoms with van der Waals surface area (Å²) in [6.07, 6.45) is 0. The van der Waals surface area contributed by atoms with Crippen molar-refractivity contribution in [1.82, 2.24) is 0 Å². The van der Waals surface area contributed by atoms with Crippen LogP contribution in [0, 0.1) is 11.8 Å². The van der Waals surface area contributed by atoms with Crippen LogP contribution in [0.2, 0.25) is 0 Å². The molecule has 0 unspecified atom stereocenters. The van der Waals surface area contributed by atoms with Crippen LogP contribution in [0.3, 0.4) is 0 Å². The number of carbonyl (C=O) groups excluding carboxylic acids is 2. The van der Waals surface area contributed by atoms with Crippen LogP contribution in [-0.2, 0) is 14.3 Å². The third-order valence-corrected chi connectivity index (χ3v) is 1.08. The van der Waals surface area contributed by atoms with Gasteiger partial charge >= 0.3 is 11.7 Å². The van der Waals surface area contributed by atoms with Crippen molar-refractivity contribution < 1.29 is 19.1 Å². The van der Waals surface area contributed by atoms with Gasteiger partial charge in [0.05, 0.1) is 0 Å². The van der Waals surface area contributed by atoms with Crippen LogP contribution in [0.5, 0.6) is 0 Å². The average molecular weight is 180 g/mol. The van der Waals surface area contributed by atoms with Gasteiger partial charge in [-0.2, -0.15) is 4.79 Å². The number of hydrogen-bond donors (Lipinski definition) is 0. The molecule has 0 aliphatic carbocycles. The highest BCUT2D eigenvalue weighted by Gasteiger charge is 2.26. The first-order valence-corrected chi connectivity index (χ1v) is 3.43. The monoisotopic (exact) mass is 180 g/mol. The van der Waals surface area contributed by atoms with Gasteiger partial charge in [0.1, 0.15) is 0 Å². The van der Waals surface area contributed by atoms with E-state index in [1.807, 2.05) is 0 Å². The summed E-state index contributed by atoms with van der Waals surface area (Å²) in [5.74, 6) is 3.32. The van der Waals surface area contributed by atoms with E-state index in [0.29, 0.717) is 0 Å². The quantitative estimate of drug-likeness (QED) is 0.151. The molecule has 13 heavy (non-hydrogen) atoms. The maximum absolute atomic E-state index is 10.9. The molecule has 68 valence electrons. The van der Waals surface area contributed by atoms with E-state index in [4.69, 9.17) is 5.53 Å². The van der Waals surface area contributed by atoms with Gasteiger partial charge in [-0.3, -0.25) is 4.79 Å². The smallest absolute Gasteiger partial charge is 0.441 e. The molecule has 0 bridgehead atoms. The van der Waals surface area contributed by atoms with Crippen LogP contribution in [0.25, 0.3) is 5.53 Å². The molecular formula is C8H8N2O3. The van der Waals surface area contributed by atoms with Crippen LogP contribution in [0.15, 0.2) is 0 Å². The number of nitrogens with zero attached hydrogens (tertiary/aromatic N) is 2. The minimum absolute atomic E-state index is 0.123. The van der Waals surface area contributed by atoms with E-state index in [0.717, 1.165) is 6.92 Å². The lowest BCUT2D eigenvalue weighted by molar-refractivity contribution is -0.140. The van der Waals surface area contributed by atoms with Gasteiger partial charge in [0, 0.05) is 6.92 Å². The van der Waals surface area contributed by atoms with Gasteiger partial charge in [0.2, 0.25) is 5.78 Å². The molecule has 0 rings (SSSR count). The molecule has 0 aromatic heterocycles. The Hall–Kier alpha value is -1.92. The molecule has 0 aromatic rings. The summed E-state index contributed by atoms with van der Waals surface area (Å²) in [4.78, 5) is 24.0. The third-order valence-electron chi connectivity index (χ3n) is 1.08. The van der Waals surface area contributed by atoms with Crippen LogP contribution < -0.4 is 0 Å². The molecule has 0 radical (unpaired) electrons. The largest absolute Gasteiger partial charge is 0.444 e. The molecule has 0 spiro atoms. The molecule has 0 saturated heterocycles. The number of ether oxygens (including phenoxy) is 1. The van der Waals surface area contributed by atoms with E-state index in [1.165, 1.54) is 0 Å². The Kier molecular flexibility index (Phi) is 4.85. The lowest BCUT2D eigenvalue weighted by Gasteiger charge is -1.92. The molecule has 0 aliphatic heterocycles. The van der Waals surface area contributed by atoms with Gasteiger partial charge in [-0.25, -0.2) is 4.79 Å². The first-order chi connectivity index (χ1) is 6.13. The van der Waals surface area contributed by atoms with Crippen LogP contribution in [-0.4, -0.2) is 28.9 Å². The summed E-state index contributed by atoms with van der Waals surface area (Å²) >= 11 is 0. The molecule has 0 heterocycles. The molecule has 0 N–H and O–H groups in total. The predicted molar refractivity (Wildman–Crippen MR) is 43.7 cm³/mol. The summed E-state index contributed by atoms with van der Waals surface area (Å²) in [7, 11) is 0. The standard InChI is InChI=1S/C8H8N2O3/c1-3-4-5-13-8(12)7(10-9)6(2)11/h5H2,1-2H3. The Morgan fingerprint density at radius 2 is 2.15 bits per heavy atom. The highest BCUT2D eigenvalue weighted by atomic mass is 16.5. The Labute approximate surface area is 75.3 Å². The highest BCUT2D eigenvalue weighted by molar-refractivity contribution is 6.61. The fourth-order valence-corrected chi connectivity index (χ4v) is 0.497. The maximum atomic E-state index is 10.9. The summed E-state index contributed by atoms with van der Waals surface area (Å²) < 4.78 is 4.47. The number of hydrogen-bond acceptors (Lipinski definition) is 3. The molecule has 0 saturated carbocycles. The van der Waals surface area contributed by atoms with Crippen LogP contribution in [0.1, 0.15) is 13.8 Å². The predicted octanol–water partition coefficient (Wildman–Crippen LogP) is -0.187. The molecule has 5 nitrogen and oxygen atoms in total. The van der Waals surface area contributed by atoms with Crippen molar-refractivity contribution >= 4 is 17.5 Å². The van der Waals surface area contributed by atoms with Crippen molar-refractivity contribution in [3.63, 3.8) is 0 Å². The number of carbonyl (C=O) groups is 2. The Morgan fingerprint density at radius 3 is 2.54 bits per heavy atom. The van der Waals surface area contributed by atoms with Gasteiger partial charge in [0.15, 0.2) is 6.61 Å². The zero-order valence-corrected chi connectivity index (χ0v) is 7.33. The van der Waals surface area contributed by atoms with E-state index in [1.54, 1.807) is 6.92 Å². The Morgan fingerprint density at radius 1 is 1.54 bits per heavy atom. The maximum Gasteiger partial charge on any atom is 0.441 e. The second-order valence-corrected chi connectivity index (χ2v) is 2.01. The van der Waals surface area contributed by atoms with E-state index < -0.39 is 17.5 Å². The normalized spacial score (nSPS) is 7.54. The molecule has 0 aliphatic rings. The number of Topliss-reactive ketones (excluding diaryl/α,β-unsaturated/α-hetero) is 1. The van der Waals surface area contributed by atoms with Crippen molar-refractivity contribution in [2.24, 2.45) is 0 Å². The highest BCUT2D eigenvalue weighted by Crippen LogP contribution is 1.82. The summed E-state index contributed by atoms with van der Waals surface area (Å²) in [5, 5.41) is 0. The Bertz CT molecular complexity index is 329. The van der Waals surface area contributed by atoms with Crippen LogP contribution >= 0.6 is 0 Å². The molecule has 0 fully saturated rings. The first-order valence-electron chi connectivity index (χ1n) is 3.43. The fourth-order valence-electron chi connectivity index (χ4n) is 0.497. The zero-order chi connectivity index (χ0) is 10.3.